The van der Waals surface area contributed by atoms with Gasteiger partial charge < -0.3 is 4.74 Å². The molecule has 2 rings (SSSR count). The summed E-state index contributed by atoms with van der Waals surface area (Å²) in [5, 5.41) is 10.0. The van der Waals surface area contributed by atoms with Gasteiger partial charge in [-0.2, -0.15) is 5.26 Å². The molecule has 0 unspecified atom stereocenters. The van der Waals surface area contributed by atoms with E-state index in [-0.39, 0.29) is 0 Å². The molecule has 0 N–H and O–H groups in total. The molecule has 1 heterocycles. The van der Waals surface area contributed by atoms with E-state index in [9.17, 15) is 0 Å². The number of hydrogen-bond acceptors (Lipinski definition) is 3. The Hall–Kier alpha value is -2.08. The maximum atomic E-state index is 9.06. The first-order valence-electron chi connectivity index (χ1n) is 5.61. The summed E-state index contributed by atoms with van der Waals surface area (Å²) in [4.78, 5) is 4.45. The Labute approximate surface area is 101 Å². The summed E-state index contributed by atoms with van der Waals surface area (Å²) in [7, 11) is 0. The lowest BCUT2D eigenvalue weighted by Crippen LogP contribution is -1.99. The zero-order valence-electron chi connectivity index (χ0n) is 10.2. The van der Waals surface area contributed by atoms with Crippen molar-refractivity contribution in [1.29, 1.82) is 5.26 Å². The van der Waals surface area contributed by atoms with Crippen molar-refractivity contribution in [3.05, 3.63) is 34.9 Å². The zero-order valence-corrected chi connectivity index (χ0v) is 10.2. The molecule has 0 aliphatic heterocycles. The fourth-order valence-corrected chi connectivity index (χ4v) is 1.79. The molecule has 0 fully saturated rings. The second kappa shape index (κ2) is 4.42. The van der Waals surface area contributed by atoms with Gasteiger partial charge in [0.1, 0.15) is 11.6 Å². The predicted octanol–water partition coefficient (Wildman–Crippen LogP) is 3.12. The van der Waals surface area contributed by atoms with Crippen molar-refractivity contribution in [2.24, 2.45) is 0 Å². The van der Waals surface area contributed by atoms with E-state index < -0.39 is 0 Å². The minimum Gasteiger partial charge on any atom is -0.477 e. The van der Waals surface area contributed by atoms with Crippen molar-refractivity contribution in [2.45, 2.75) is 20.8 Å². The Kier molecular flexibility index (Phi) is 2.97. The van der Waals surface area contributed by atoms with Crippen LogP contribution >= 0.6 is 0 Å². The molecule has 86 valence electrons. The van der Waals surface area contributed by atoms with Crippen molar-refractivity contribution in [3.63, 3.8) is 0 Å². The Bertz CT molecular complexity index is 612. The molecule has 3 nitrogen and oxygen atoms in total. The van der Waals surface area contributed by atoms with E-state index in [1.54, 1.807) is 0 Å². The highest BCUT2D eigenvalue weighted by molar-refractivity contribution is 5.84. The van der Waals surface area contributed by atoms with Gasteiger partial charge in [0.05, 0.1) is 12.1 Å². The second-order valence-corrected chi connectivity index (χ2v) is 3.97. The quantitative estimate of drug-likeness (QED) is 0.790. The van der Waals surface area contributed by atoms with Gasteiger partial charge in [-0.15, -0.1) is 0 Å². The van der Waals surface area contributed by atoms with Gasteiger partial charge in [0.25, 0.3) is 0 Å². The highest BCUT2D eigenvalue weighted by Gasteiger charge is 2.09. The summed E-state index contributed by atoms with van der Waals surface area (Å²) in [5.41, 5.74) is 3.72. The normalized spacial score (nSPS) is 10.2. The van der Waals surface area contributed by atoms with E-state index >= 15 is 0 Å². The molecule has 0 amide bonds. The van der Waals surface area contributed by atoms with Crippen LogP contribution in [0.15, 0.2) is 18.2 Å². The Morgan fingerprint density at radius 3 is 2.76 bits per heavy atom. The van der Waals surface area contributed by atoms with E-state index in [2.05, 4.69) is 18.0 Å². The number of aromatic nitrogens is 1. The molecular formula is C14H14N2O. The van der Waals surface area contributed by atoms with Crippen LogP contribution in [-0.2, 0) is 0 Å². The number of nitrogens with zero attached hydrogens (tertiary/aromatic N) is 2. The van der Waals surface area contributed by atoms with Crippen LogP contribution in [0.2, 0.25) is 0 Å². The maximum Gasteiger partial charge on any atom is 0.232 e. The van der Waals surface area contributed by atoms with Crippen LogP contribution in [0.5, 0.6) is 5.88 Å². The molecule has 0 saturated carbocycles. The highest BCUT2D eigenvalue weighted by atomic mass is 16.5. The molecule has 0 aliphatic rings. The van der Waals surface area contributed by atoms with Gasteiger partial charge in [-0.3, -0.25) is 0 Å². The third kappa shape index (κ3) is 1.94. The fraction of sp³-hybridized carbons (Fsp3) is 0.286. The molecule has 0 atom stereocenters. The molecule has 3 heteroatoms. The first-order chi connectivity index (χ1) is 8.17. The van der Waals surface area contributed by atoms with Gasteiger partial charge in [0.15, 0.2) is 0 Å². The second-order valence-electron chi connectivity index (χ2n) is 3.97. The minimum atomic E-state index is 0.427. The summed E-state index contributed by atoms with van der Waals surface area (Å²) in [6.07, 6.45) is 0. The summed E-state index contributed by atoms with van der Waals surface area (Å²) in [6.45, 7) is 6.48. The predicted molar refractivity (Wildman–Crippen MR) is 67.1 cm³/mol. The highest BCUT2D eigenvalue weighted by Crippen LogP contribution is 2.25. The first kappa shape index (κ1) is 11.4. The summed E-state index contributed by atoms with van der Waals surface area (Å²) in [5.74, 6) is 0.427. The summed E-state index contributed by atoms with van der Waals surface area (Å²) < 4.78 is 5.40. The van der Waals surface area contributed by atoms with Crippen LogP contribution in [0.25, 0.3) is 10.9 Å². The zero-order chi connectivity index (χ0) is 12.4. The average molecular weight is 226 g/mol. The average Bonchev–Trinajstić information content (AvgIpc) is 2.34. The number of pyridine rings is 1. The van der Waals surface area contributed by atoms with Gasteiger partial charge in [-0.25, -0.2) is 4.98 Å². The molecule has 1 aromatic carbocycles. The van der Waals surface area contributed by atoms with Gasteiger partial charge in [-0.1, -0.05) is 12.1 Å². The number of hydrogen-bond donors (Lipinski definition) is 0. The van der Waals surface area contributed by atoms with E-state index in [1.807, 2.05) is 32.0 Å². The molecule has 0 bridgehead atoms. The van der Waals surface area contributed by atoms with Crippen LogP contribution in [0.1, 0.15) is 23.6 Å². The number of benzene rings is 1. The number of ether oxygens (including phenoxy) is 1. The lowest BCUT2D eigenvalue weighted by molar-refractivity contribution is 0.327. The van der Waals surface area contributed by atoms with E-state index in [0.717, 1.165) is 16.5 Å². The van der Waals surface area contributed by atoms with Crippen LogP contribution in [0, 0.1) is 25.2 Å². The molecule has 0 radical (unpaired) electrons. The van der Waals surface area contributed by atoms with E-state index in [4.69, 9.17) is 10.00 Å². The summed E-state index contributed by atoms with van der Waals surface area (Å²) >= 11 is 0. The molecule has 1 aromatic heterocycles. The van der Waals surface area contributed by atoms with Crippen LogP contribution in [0.4, 0.5) is 0 Å². The van der Waals surface area contributed by atoms with Crippen LogP contribution in [0.3, 0.4) is 0 Å². The third-order valence-corrected chi connectivity index (χ3v) is 2.88. The Morgan fingerprint density at radius 1 is 1.35 bits per heavy atom. The molecule has 2 aromatic rings. The van der Waals surface area contributed by atoms with Crippen molar-refractivity contribution in [2.75, 3.05) is 6.61 Å². The topological polar surface area (TPSA) is 45.9 Å². The monoisotopic (exact) mass is 226 g/mol. The van der Waals surface area contributed by atoms with E-state index in [1.165, 1.54) is 5.56 Å². The Balaban J connectivity index is 2.75. The van der Waals surface area contributed by atoms with Gasteiger partial charge >= 0.3 is 0 Å². The van der Waals surface area contributed by atoms with Gasteiger partial charge in [-0.05, 0) is 38.0 Å². The SMILES string of the molecule is CCOc1nc2c(C)c(C)ccc2cc1C#N. The van der Waals surface area contributed by atoms with Crippen molar-refractivity contribution < 1.29 is 4.74 Å². The number of rotatable bonds is 2. The molecule has 17 heavy (non-hydrogen) atoms. The molecular weight excluding hydrogens is 212 g/mol. The number of aryl methyl sites for hydroxylation is 2. The molecule has 0 spiro atoms. The largest absolute Gasteiger partial charge is 0.477 e. The first-order valence-corrected chi connectivity index (χ1v) is 5.61. The lowest BCUT2D eigenvalue weighted by Gasteiger charge is -2.09. The van der Waals surface area contributed by atoms with Crippen molar-refractivity contribution in [1.82, 2.24) is 4.98 Å². The van der Waals surface area contributed by atoms with Crippen molar-refractivity contribution >= 4 is 10.9 Å². The maximum absolute atomic E-state index is 9.06. The van der Waals surface area contributed by atoms with Crippen molar-refractivity contribution in [3.8, 4) is 11.9 Å². The third-order valence-electron chi connectivity index (χ3n) is 2.88. The number of nitriles is 1. The van der Waals surface area contributed by atoms with Gasteiger partial charge in [0.2, 0.25) is 5.88 Å². The minimum absolute atomic E-state index is 0.427. The van der Waals surface area contributed by atoms with Crippen LogP contribution < -0.4 is 4.74 Å². The summed E-state index contributed by atoms with van der Waals surface area (Å²) in [6, 6.07) is 7.98. The molecule has 0 saturated heterocycles. The van der Waals surface area contributed by atoms with E-state index in [0.29, 0.717) is 18.1 Å². The fourth-order valence-electron chi connectivity index (χ4n) is 1.79. The van der Waals surface area contributed by atoms with Crippen LogP contribution in [-0.4, -0.2) is 11.6 Å². The standard InChI is InChI=1S/C14H14N2O/c1-4-17-14-12(8-15)7-11-6-5-9(2)10(3)13(11)16-14/h5-7H,4H2,1-3H3. The lowest BCUT2D eigenvalue weighted by atomic mass is 10.0. The Morgan fingerprint density at radius 2 is 2.12 bits per heavy atom. The number of fused-ring (bicyclic) bond motifs is 1. The molecule has 0 aliphatic carbocycles. The van der Waals surface area contributed by atoms with Gasteiger partial charge in [0, 0.05) is 5.39 Å². The smallest absolute Gasteiger partial charge is 0.232 e.